The molecule has 0 saturated carbocycles. The van der Waals surface area contributed by atoms with E-state index in [9.17, 15) is 17.6 Å². The summed E-state index contributed by atoms with van der Waals surface area (Å²) in [6, 6.07) is 9.93. The fourth-order valence-corrected chi connectivity index (χ4v) is 4.67. The third-order valence-electron chi connectivity index (χ3n) is 5.57. The Labute approximate surface area is 208 Å². The zero-order valence-electron chi connectivity index (χ0n) is 20.2. The number of sulfone groups is 1. The van der Waals surface area contributed by atoms with E-state index in [0.717, 1.165) is 18.4 Å². The van der Waals surface area contributed by atoms with Crippen LogP contribution in [0.5, 0.6) is 0 Å². The van der Waals surface area contributed by atoms with E-state index in [1.54, 1.807) is 24.3 Å². The Hall–Kier alpha value is -3.64. The Bertz CT molecular complexity index is 1370. The smallest absolute Gasteiger partial charge is 0.319 e. The molecule has 36 heavy (non-hydrogen) atoms. The lowest BCUT2D eigenvalue weighted by atomic mass is 10.1. The molecule has 1 unspecified atom stereocenters. The SMILES string of the molecule is CCNC(=O)Nc1ccc(-c2nc(-c3cc(F)ccc3S(C)(=O)=O)nc(N3CCOCC3C)n2)cc1. The average molecular weight is 515 g/mol. The molecule has 2 heterocycles. The van der Waals surface area contributed by atoms with E-state index in [1.807, 2.05) is 18.7 Å². The minimum Gasteiger partial charge on any atom is -0.377 e. The van der Waals surface area contributed by atoms with Gasteiger partial charge < -0.3 is 20.3 Å². The number of aromatic nitrogens is 3. The number of nitrogens with one attached hydrogen (secondary N) is 2. The van der Waals surface area contributed by atoms with Gasteiger partial charge in [0.2, 0.25) is 5.95 Å². The van der Waals surface area contributed by atoms with Crippen molar-refractivity contribution in [3.05, 3.63) is 48.3 Å². The van der Waals surface area contributed by atoms with Gasteiger partial charge in [-0.25, -0.2) is 22.6 Å². The van der Waals surface area contributed by atoms with Crippen LogP contribution in [0, 0.1) is 5.82 Å². The Morgan fingerprint density at radius 1 is 1.14 bits per heavy atom. The summed E-state index contributed by atoms with van der Waals surface area (Å²) in [6.07, 6.45) is 1.05. The molecule has 1 aliphatic rings. The predicted octanol–water partition coefficient (Wildman–Crippen LogP) is 3.11. The van der Waals surface area contributed by atoms with E-state index in [4.69, 9.17) is 4.74 Å². The van der Waals surface area contributed by atoms with Crippen LogP contribution in [0.25, 0.3) is 22.8 Å². The van der Waals surface area contributed by atoms with Crippen LogP contribution in [0.3, 0.4) is 0 Å². The van der Waals surface area contributed by atoms with Gasteiger partial charge in [0.15, 0.2) is 21.5 Å². The second kappa shape index (κ2) is 10.5. The maximum Gasteiger partial charge on any atom is 0.319 e. The second-order valence-electron chi connectivity index (χ2n) is 8.37. The Morgan fingerprint density at radius 2 is 1.86 bits per heavy atom. The maximum atomic E-state index is 14.2. The number of hydrogen-bond donors (Lipinski definition) is 2. The lowest BCUT2D eigenvalue weighted by Crippen LogP contribution is -2.44. The molecule has 4 rings (SSSR count). The summed E-state index contributed by atoms with van der Waals surface area (Å²) in [5.41, 5.74) is 1.24. The molecule has 1 aliphatic heterocycles. The molecule has 0 bridgehead atoms. The quantitative estimate of drug-likeness (QED) is 0.481. The van der Waals surface area contributed by atoms with Gasteiger partial charge >= 0.3 is 6.03 Å². The first-order valence-corrected chi connectivity index (χ1v) is 13.3. The first-order valence-electron chi connectivity index (χ1n) is 11.4. The third kappa shape index (κ3) is 5.77. The summed E-state index contributed by atoms with van der Waals surface area (Å²) in [5.74, 6) is 0.0422. The van der Waals surface area contributed by atoms with Crippen molar-refractivity contribution < 1.29 is 22.3 Å². The van der Waals surface area contributed by atoms with E-state index in [-0.39, 0.29) is 34.2 Å². The Balaban J connectivity index is 1.82. The van der Waals surface area contributed by atoms with Crippen molar-refractivity contribution in [2.24, 2.45) is 0 Å². The van der Waals surface area contributed by atoms with Gasteiger partial charge in [0, 0.05) is 36.2 Å². The van der Waals surface area contributed by atoms with E-state index < -0.39 is 15.7 Å². The van der Waals surface area contributed by atoms with Crippen LogP contribution in [0.1, 0.15) is 13.8 Å². The molecule has 2 aromatic carbocycles. The Morgan fingerprint density at radius 3 is 2.53 bits per heavy atom. The molecule has 2 N–H and O–H groups in total. The van der Waals surface area contributed by atoms with Crippen LogP contribution in [0.2, 0.25) is 0 Å². The Kier molecular flexibility index (Phi) is 7.45. The van der Waals surface area contributed by atoms with Crippen molar-refractivity contribution >= 4 is 27.5 Å². The summed E-state index contributed by atoms with van der Waals surface area (Å²) in [6.45, 7) is 5.77. The second-order valence-corrected chi connectivity index (χ2v) is 10.4. The molecule has 12 heteroatoms. The lowest BCUT2D eigenvalue weighted by Gasteiger charge is -2.33. The molecule has 190 valence electrons. The lowest BCUT2D eigenvalue weighted by molar-refractivity contribution is 0.0981. The molecular weight excluding hydrogens is 487 g/mol. The van der Waals surface area contributed by atoms with E-state index in [0.29, 0.717) is 43.5 Å². The van der Waals surface area contributed by atoms with Crippen LogP contribution in [-0.2, 0) is 14.6 Å². The number of carbonyl (C=O) groups is 1. The van der Waals surface area contributed by atoms with Gasteiger partial charge in [-0.3, -0.25) is 0 Å². The zero-order valence-corrected chi connectivity index (χ0v) is 21.0. The number of urea groups is 1. The first kappa shape index (κ1) is 25.5. The van der Waals surface area contributed by atoms with Crippen LogP contribution in [0.4, 0.5) is 20.8 Å². The topological polar surface area (TPSA) is 126 Å². The molecule has 0 spiro atoms. The highest BCUT2D eigenvalue weighted by Gasteiger charge is 2.25. The van der Waals surface area contributed by atoms with Crippen molar-refractivity contribution in [2.75, 3.05) is 42.8 Å². The van der Waals surface area contributed by atoms with E-state index >= 15 is 0 Å². The standard InChI is InChI=1S/C24H27FN6O4S/c1-4-26-24(32)27-18-8-5-16(6-9-18)21-28-22(19-13-17(25)7-10-20(19)36(3,33)34)30-23(29-21)31-11-12-35-14-15(31)2/h5-10,13,15H,4,11-12,14H2,1-3H3,(H2,26,27,32). The van der Waals surface area contributed by atoms with Crippen LogP contribution >= 0.6 is 0 Å². The highest BCUT2D eigenvalue weighted by molar-refractivity contribution is 7.90. The van der Waals surface area contributed by atoms with Gasteiger partial charge in [-0.05, 0) is 56.3 Å². The van der Waals surface area contributed by atoms with Gasteiger partial charge in [-0.1, -0.05) is 0 Å². The molecule has 1 atom stereocenters. The number of anilines is 2. The zero-order chi connectivity index (χ0) is 25.9. The minimum absolute atomic E-state index is 0.0348. The number of nitrogens with zero attached hydrogens (tertiary/aromatic N) is 4. The fourth-order valence-electron chi connectivity index (χ4n) is 3.81. The number of benzene rings is 2. The van der Waals surface area contributed by atoms with Crippen LogP contribution in [-0.4, -0.2) is 68.0 Å². The molecule has 10 nitrogen and oxygen atoms in total. The number of carbonyl (C=O) groups excluding carboxylic acids is 1. The molecule has 1 saturated heterocycles. The molecular formula is C24H27FN6O4S. The number of halogens is 1. The monoisotopic (exact) mass is 514 g/mol. The summed E-state index contributed by atoms with van der Waals surface area (Å²) in [4.78, 5) is 27.4. The maximum absolute atomic E-state index is 14.2. The van der Waals surface area contributed by atoms with Crippen molar-refractivity contribution in [3.8, 4) is 22.8 Å². The summed E-state index contributed by atoms with van der Waals surface area (Å²) in [7, 11) is -3.69. The predicted molar refractivity (Wildman–Crippen MR) is 134 cm³/mol. The van der Waals surface area contributed by atoms with Gasteiger partial charge in [-0.15, -0.1) is 0 Å². The fraction of sp³-hybridized carbons (Fsp3) is 0.333. The number of morpholine rings is 1. The van der Waals surface area contributed by atoms with Crippen molar-refractivity contribution in [1.29, 1.82) is 0 Å². The van der Waals surface area contributed by atoms with Crippen molar-refractivity contribution in [2.45, 2.75) is 24.8 Å². The van der Waals surface area contributed by atoms with Crippen LogP contribution < -0.4 is 15.5 Å². The van der Waals surface area contributed by atoms with Gasteiger partial charge in [0.05, 0.1) is 24.2 Å². The van der Waals surface area contributed by atoms with E-state index in [2.05, 4.69) is 25.6 Å². The minimum atomic E-state index is -3.69. The normalized spacial score (nSPS) is 16.0. The van der Waals surface area contributed by atoms with E-state index in [1.165, 1.54) is 6.07 Å². The van der Waals surface area contributed by atoms with Crippen molar-refractivity contribution in [3.63, 3.8) is 0 Å². The van der Waals surface area contributed by atoms with Gasteiger partial charge in [0.25, 0.3) is 0 Å². The largest absolute Gasteiger partial charge is 0.377 e. The summed E-state index contributed by atoms with van der Waals surface area (Å²) >= 11 is 0. The third-order valence-corrected chi connectivity index (χ3v) is 6.72. The number of ether oxygens (including phenoxy) is 1. The van der Waals surface area contributed by atoms with Crippen molar-refractivity contribution in [1.82, 2.24) is 20.3 Å². The molecule has 1 fully saturated rings. The number of rotatable bonds is 6. The van der Waals surface area contributed by atoms with Crippen LogP contribution in [0.15, 0.2) is 47.4 Å². The van der Waals surface area contributed by atoms with Gasteiger partial charge in [-0.2, -0.15) is 9.97 Å². The molecule has 0 aliphatic carbocycles. The van der Waals surface area contributed by atoms with Gasteiger partial charge in [0.1, 0.15) is 5.82 Å². The molecule has 3 aromatic rings. The average Bonchev–Trinajstić information content (AvgIpc) is 2.84. The highest BCUT2D eigenvalue weighted by atomic mass is 32.2. The number of hydrogen-bond acceptors (Lipinski definition) is 8. The highest BCUT2D eigenvalue weighted by Crippen LogP contribution is 2.30. The molecule has 0 radical (unpaired) electrons. The first-order chi connectivity index (χ1) is 17.2. The summed E-state index contributed by atoms with van der Waals surface area (Å²) < 4.78 is 44.6. The molecule has 2 amide bonds. The summed E-state index contributed by atoms with van der Waals surface area (Å²) in [5, 5.41) is 5.38. The molecule has 1 aromatic heterocycles. The number of amides is 2.